The molecule has 2 unspecified atom stereocenters. The lowest BCUT2D eigenvalue weighted by molar-refractivity contribution is -0.385. The first kappa shape index (κ1) is 18.7. The van der Waals surface area contributed by atoms with E-state index in [1.807, 2.05) is 0 Å². The molecule has 0 saturated carbocycles. The average molecular weight is 482 g/mol. The summed E-state index contributed by atoms with van der Waals surface area (Å²) in [6.07, 6.45) is 1.41. The number of benzene rings is 1. The summed E-state index contributed by atoms with van der Waals surface area (Å²) >= 11 is 6.43. The first-order chi connectivity index (χ1) is 11.1. The molecule has 0 bridgehead atoms. The van der Waals surface area contributed by atoms with Gasteiger partial charge < -0.3 is 0 Å². The van der Waals surface area contributed by atoms with Crippen molar-refractivity contribution in [1.82, 2.24) is 0 Å². The molecule has 128 valence electrons. The van der Waals surface area contributed by atoms with Gasteiger partial charge in [0.05, 0.1) is 20.3 Å². The number of Topliss-reactive ketones (excluding diaryl/α,β-unsaturated/α-hetero) is 1. The van der Waals surface area contributed by atoms with Gasteiger partial charge in [-0.3, -0.25) is 19.2 Å². The Balaban J connectivity index is 2.32. The zero-order valence-corrected chi connectivity index (χ0v) is 16.0. The first-order valence-corrected chi connectivity index (χ1v) is 9.64. The summed E-state index contributed by atoms with van der Waals surface area (Å²) in [5.74, 6) is -0.155. The molecule has 8 nitrogen and oxygen atoms in total. The number of halogens is 2. The monoisotopic (exact) mass is 480 g/mol. The molecule has 1 aliphatic rings. The van der Waals surface area contributed by atoms with Crippen LogP contribution in [0.3, 0.4) is 0 Å². The molecule has 0 aliphatic heterocycles. The van der Waals surface area contributed by atoms with Crippen LogP contribution in [0.25, 0.3) is 0 Å². The molecule has 1 aromatic rings. The van der Waals surface area contributed by atoms with Gasteiger partial charge in [0.25, 0.3) is 5.69 Å². The van der Waals surface area contributed by atoms with Gasteiger partial charge in [-0.25, -0.2) is 0 Å². The summed E-state index contributed by atoms with van der Waals surface area (Å²) in [6.45, 7) is 1.57. The maximum atomic E-state index is 12.1. The van der Waals surface area contributed by atoms with Crippen molar-refractivity contribution in [3.8, 4) is 0 Å². The van der Waals surface area contributed by atoms with E-state index in [1.54, 1.807) is 6.92 Å². The number of carbonyl (C=O) groups excluding carboxylic acids is 1. The highest BCUT2D eigenvalue weighted by molar-refractivity contribution is 9.12. The van der Waals surface area contributed by atoms with Crippen LogP contribution in [0, 0.1) is 10.1 Å². The van der Waals surface area contributed by atoms with Crippen LogP contribution >= 0.6 is 31.9 Å². The molecule has 24 heavy (non-hydrogen) atoms. The topological polar surface area (TPSA) is 116 Å². The minimum Gasteiger partial charge on any atom is -0.293 e. The third kappa shape index (κ3) is 3.90. The number of carbonyl (C=O) groups is 1. The van der Waals surface area contributed by atoms with Crippen molar-refractivity contribution in [3.63, 3.8) is 0 Å². The quantitative estimate of drug-likeness (QED) is 0.370. The first-order valence-electron chi connectivity index (χ1n) is 6.40. The van der Waals surface area contributed by atoms with Crippen LogP contribution in [0.5, 0.6) is 0 Å². The van der Waals surface area contributed by atoms with E-state index in [0.29, 0.717) is 5.57 Å². The fourth-order valence-electron chi connectivity index (χ4n) is 1.84. The number of rotatable bonds is 4. The number of allylic oxidation sites excluding steroid dienone is 2. The van der Waals surface area contributed by atoms with Crippen LogP contribution in [-0.2, 0) is 19.2 Å². The highest BCUT2D eigenvalue weighted by Crippen LogP contribution is 2.26. The van der Waals surface area contributed by atoms with Gasteiger partial charge in [0, 0.05) is 12.1 Å². The number of alkyl halides is 2. The Bertz CT molecular complexity index is 865. The zero-order chi connectivity index (χ0) is 18.1. The standard InChI is InChI=1S/C13H10Br2N2O6S/c1-7-5-10(11(14)12(15)13(7)18)16-23-24(21,22)9-4-2-3-8(6-9)17(19)20/h2-6,11-12H,1H3. The van der Waals surface area contributed by atoms with Gasteiger partial charge in [-0.1, -0.05) is 43.1 Å². The van der Waals surface area contributed by atoms with Crippen LogP contribution in [0.4, 0.5) is 5.69 Å². The summed E-state index contributed by atoms with van der Waals surface area (Å²) in [6, 6.07) is 4.42. The summed E-state index contributed by atoms with van der Waals surface area (Å²) < 4.78 is 28.9. The third-order valence-electron chi connectivity index (χ3n) is 3.10. The number of nitro groups is 1. The van der Waals surface area contributed by atoms with Gasteiger partial charge in [0.2, 0.25) is 0 Å². The van der Waals surface area contributed by atoms with Gasteiger partial charge in [-0.05, 0) is 24.6 Å². The van der Waals surface area contributed by atoms with Crippen molar-refractivity contribution in [2.24, 2.45) is 5.16 Å². The average Bonchev–Trinajstić information content (AvgIpc) is 2.55. The van der Waals surface area contributed by atoms with E-state index in [4.69, 9.17) is 0 Å². The summed E-state index contributed by atoms with van der Waals surface area (Å²) in [5, 5.41) is 14.3. The van der Waals surface area contributed by atoms with E-state index in [1.165, 1.54) is 12.1 Å². The molecule has 1 aliphatic carbocycles. The third-order valence-corrected chi connectivity index (χ3v) is 6.85. The minimum atomic E-state index is -4.33. The van der Waals surface area contributed by atoms with Crippen molar-refractivity contribution in [2.75, 3.05) is 0 Å². The fourth-order valence-corrected chi connectivity index (χ4v) is 3.71. The van der Waals surface area contributed by atoms with Crippen molar-refractivity contribution < 1.29 is 22.4 Å². The normalized spacial score (nSPS) is 23.0. The van der Waals surface area contributed by atoms with E-state index in [9.17, 15) is 23.3 Å². The second-order valence-corrected chi connectivity index (χ2v) is 8.30. The predicted molar refractivity (Wildman–Crippen MR) is 93.0 cm³/mol. The van der Waals surface area contributed by atoms with Gasteiger partial charge in [0.1, 0.15) is 4.90 Å². The summed E-state index contributed by atoms with van der Waals surface area (Å²) in [7, 11) is -4.33. The second-order valence-electron chi connectivity index (χ2n) is 4.79. The second kappa shape index (κ2) is 7.11. The molecular weight excluding hydrogens is 472 g/mol. The number of non-ortho nitro benzene ring substituents is 1. The SMILES string of the molecule is CC1=CC(=NOS(=O)(=O)c2cccc([N+](=O)[O-])c2)C(Br)C(Br)C1=O. The number of oxime groups is 1. The van der Waals surface area contributed by atoms with E-state index in [-0.39, 0.29) is 17.2 Å². The maximum Gasteiger partial charge on any atom is 0.358 e. The number of nitro benzene ring substituents is 1. The van der Waals surface area contributed by atoms with Crippen molar-refractivity contribution in [1.29, 1.82) is 0 Å². The molecule has 2 atom stereocenters. The van der Waals surface area contributed by atoms with Crippen LogP contribution in [0.15, 0.2) is 46.0 Å². The number of ketones is 1. The lowest BCUT2D eigenvalue weighted by atomic mass is 9.98. The molecule has 0 heterocycles. The Kier molecular flexibility index (Phi) is 5.56. The van der Waals surface area contributed by atoms with Crippen LogP contribution in [0.1, 0.15) is 6.92 Å². The largest absolute Gasteiger partial charge is 0.358 e. The molecule has 0 fully saturated rings. The molecule has 0 spiro atoms. The van der Waals surface area contributed by atoms with Gasteiger partial charge in [-0.2, -0.15) is 8.42 Å². The maximum absolute atomic E-state index is 12.1. The van der Waals surface area contributed by atoms with Gasteiger partial charge in [0.15, 0.2) is 5.78 Å². The highest BCUT2D eigenvalue weighted by atomic mass is 79.9. The smallest absolute Gasteiger partial charge is 0.293 e. The molecular formula is C13H10Br2N2O6S. The molecule has 0 N–H and O–H groups in total. The zero-order valence-electron chi connectivity index (χ0n) is 12.0. The number of hydrogen-bond acceptors (Lipinski definition) is 7. The fraction of sp³-hybridized carbons (Fsp3) is 0.231. The lowest BCUT2D eigenvalue weighted by Gasteiger charge is -2.21. The molecule has 0 amide bonds. The van der Waals surface area contributed by atoms with Gasteiger partial charge in [-0.15, -0.1) is 0 Å². The van der Waals surface area contributed by atoms with Crippen molar-refractivity contribution in [2.45, 2.75) is 21.5 Å². The molecule has 0 radical (unpaired) electrons. The van der Waals surface area contributed by atoms with E-state index in [2.05, 4.69) is 41.3 Å². The van der Waals surface area contributed by atoms with Crippen LogP contribution in [0.2, 0.25) is 0 Å². The lowest BCUT2D eigenvalue weighted by Crippen LogP contribution is -2.35. The Labute approximate surface area is 154 Å². The molecule has 0 aromatic heterocycles. The molecule has 1 aromatic carbocycles. The van der Waals surface area contributed by atoms with Crippen LogP contribution in [-0.4, -0.2) is 34.5 Å². The van der Waals surface area contributed by atoms with Crippen LogP contribution < -0.4 is 0 Å². The minimum absolute atomic E-state index is 0.155. The molecule has 2 rings (SSSR count). The Hall–Kier alpha value is -1.59. The predicted octanol–water partition coefficient (Wildman–Crippen LogP) is 2.71. The number of hydrogen-bond donors (Lipinski definition) is 0. The van der Waals surface area contributed by atoms with Crippen molar-refractivity contribution >= 4 is 59.2 Å². The Morgan fingerprint density at radius 1 is 1.29 bits per heavy atom. The molecule has 11 heteroatoms. The highest BCUT2D eigenvalue weighted by Gasteiger charge is 2.33. The van der Waals surface area contributed by atoms with Crippen molar-refractivity contribution in [3.05, 3.63) is 46.0 Å². The molecule has 0 saturated heterocycles. The van der Waals surface area contributed by atoms with E-state index in [0.717, 1.165) is 18.2 Å². The Morgan fingerprint density at radius 3 is 2.58 bits per heavy atom. The Morgan fingerprint density at radius 2 is 1.96 bits per heavy atom. The van der Waals surface area contributed by atoms with Gasteiger partial charge >= 0.3 is 10.1 Å². The van der Waals surface area contributed by atoms with E-state index < -0.39 is 29.6 Å². The summed E-state index contributed by atoms with van der Waals surface area (Å²) in [5.41, 5.74) is 0.205. The summed E-state index contributed by atoms with van der Waals surface area (Å²) in [4.78, 5) is 20.2. The van der Waals surface area contributed by atoms with E-state index >= 15 is 0 Å². The number of nitrogens with zero attached hydrogens (tertiary/aromatic N) is 2.